The number of nitrogens with zero attached hydrogens (tertiary/aromatic N) is 1. The van der Waals surface area contributed by atoms with Gasteiger partial charge in [0.1, 0.15) is 5.75 Å². The van der Waals surface area contributed by atoms with E-state index in [1.807, 2.05) is 6.92 Å². The number of anilines is 1. The first-order chi connectivity index (χ1) is 11.9. The summed E-state index contributed by atoms with van der Waals surface area (Å²) in [7, 11) is 0. The molecule has 0 radical (unpaired) electrons. The minimum atomic E-state index is -1.32. The lowest BCUT2D eigenvalue weighted by molar-refractivity contribution is -0.125. The van der Waals surface area contributed by atoms with Gasteiger partial charge in [0.05, 0.1) is 5.71 Å². The van der Waals surface area contributed by atoms with Gasteiger partial charge < -0.3 is 15.2 Å². The summed E-state index contributed by atoms with van der Waals surface area (Å²) in [5.41, 5.74) is 4.68. The van der Waals surface area contributed by atoms with Crippen LogP contribution in [0.4, 0.5) is 5.69 Å². The third-order valence-electron chi connectivity index (χ3n) is 4.00. The molecule has 0 saturated carbocycles. The van der Waals surface area contributed by atoms with Gasteiger partial charge in [0, 0.05) is 18.0 Å². The van der Waals surface area contributed by atoms with E-state index in [1.54, 1.807) is 24.3 Å². The Morgan fingerprint density at radius 1 is 1.28 bits per heavy atom. The number of nitrogens with one attached hydrogen (secondary N) is 3. The summed E-state index contributed by atoms with van der Waals surface area (Å²) in [5, 5.41) is 9.33. The largest absolute Gasteiger partial charge is 0.616 e. The molecule has 1 aromatic carbocycles. The van der Waals surface area contributed by atoms with Gasteiger partial charge in [-0.2, -0.15) is 5.10 Å². The summed E-state index contributed by atoms with van der Waals surface area (Å²) in [4.78, 5) is 34.9. The molecule has 3 rings (SSSR count). The van der Waals surface area contributed by atoms with Crippen LogP contribution in [0.5, 0.6) is 0 Å². The molecule has 8 nitrogen and oxygen atoms in total. The quantitative estimate of drug-likeness (QED) is 0.641. The summed E-state index contributed by atoms with van der Waals surface area (Å²) < 4.78 is 11.5. The molecular formula is C16H18N4O4S. The van der Waals surface area contributed by atoms with Crippen molar-refractivity contribution in [3.63, 3.8) is 0 Å². The van der Waals surface area contributed by atoms with Crippen molar-refractivity contribution in [2.45, 2.75) is 19.4 Å². The molecule has 9 heteroatoms. The highest BCUT2D eigenvalue weighted by molar-refractivity contribution is 7.92. The van der Waals surface area contributed by atoms with Crippen LogP contribution in [0.15, 0.2) is 29.4 Å². The van der Waals surface area contributed by atoms with E-state index in [0.717, 1.165) is 11.3 Å². The summed E-state index contributed by atoms with van der Waals surface area (Å²) in [5.74, 6) is -0.816. The minimum Gasteiger partial charge on any atom is -0.616 e. The van der Waals surface area contributed by atoms with E-state index in [4.69, 9.17) is 0 Å². The second kappa shape index (κ2) is 7.24. The molecule has 3 amide bonds. The van der Waals surface area contributed by atoms with Crippen molar-refractivity contribution in [1.29, 1.82) is 0 Å². The van der Waals surface area contributed by atoms with Crippen molar-refractivity contribution in [2.75, 3.05) is 16.8 Å². The predicted molar refractivity (Wildman–Crippen MR) is 93.3 cm³/mol. The molecule has 0 spiro atoms. The van der Waals surface area contributed by atoms with Crippen LogP contribution in [0.1, 0.15) is 18.9 Å². The van der Waals surface area contributed by atoms with Crippen molar-refractivity contribution in [3.8, 4) is 0 Å². The van der Waals surface area contributed by atoms with Gasteiger partial charge in [0.2, 0.25) is 5.91 Å². The zero-order valence-corrected chi connectivity index (χ0v) is 14.4. The Balaban J connectivity index is 1.65. The van der Waals surface area contributed by atoms with Gasteiger partial charge in [-0.05, 0) is 28.9 Å². The Labute approximate surface area is 147 Å². The standard InChI is InChI=1S/C16H18N4O4S/c1-9-6-13(21)19-20-15(9)10-2-4-11(5-3-10)17-16(23)12-7-25(24)8-14(22)18-12/h2-5,9,12H,6-8H2,1H3,(H,17,23)(H,18,22)(H,19,21). The third kappa shape index (κ3) is 4.18. The van der Waals surface area contributed by atoms with Crippen LogP contribution in [-0.2, 0) is 25.6 Å². The predicted octanol–water partition coefficient (Wildman–Crippen LogP) is -0.268. The fourth-order valence-corrected chi connectivity index (χ4v) is 3.87. The van der Waals surface area contributed by atoms with Crippen molar-refractivity contribution in [3.05, 3.63) is 29.8 Å². The summed E-state index contributed by atoms with van der Waals surface area (Å²) in [6, 6.07) is 6.26. The summed E-state index contributed by atoms with van der Waals surface area (Å²) >= 11 is -1.32. The Bertz CT molecular complexity index is 734. The molecule has 1 saturated heterocycles. The highest BCUT2D eigenvalue weighted by Gasteiger charge is 2.33. The number of carbonyl (C=O) groups is 3. The van der Waals surface area contributed by atoms with E-state index >= 15 is 0 Å². The number of hydrogen-bond acceptors (Lipinski definition) is 5. The molecule has 1 fully saturated rings. The topological polar surface area (TPSA) is 123 Å². The Hall–Kier alpha value is -2.39. The molecule has 2 heterocycles. The van der Waals surface area contributed by atoms with E-state index in [-0.39, 0.29) is 29.2 Å². The SMILES string of the molecule is CC1CC(=O)NN=C1c1ccc(NC(=O)C2C[S+]([O-])CC(=O)N2)cc1. The van der Waals surface area contributed by atoms with Crippen LogP contribution in [0.3, 0.4) is 0 Å². The first kappa shape index (κ1) is 17.4. The lowest BCUT2D eigenvalue weighted by Crippen LogP contribution is -2.54. The van der Waals surface area contributed by atoms with Crippen LogP contribution in [-0.4, -0.2) is 45.5 Å². The van der Waals surface area contributed by atoms with E-state index in [9.17, 15) is 18.9 Å². The van der Waals surface area contributed by atoms with E-state index in [1.165, 1.54) is 0 Å². The van der Waals surface area contributed by atoms with Gasteiger partial charge in [-0.25, -0.2) is 5.43 Å². The second-order valence-electron chi connectivity index (χ2n) is 6.07. The molecule has 3 atom stereocenters. The fraction of sp³-hybridized carbons (Fsp3) is 0.375. The molecule has 0 bridgehead atoms. The zero-order valence-electron chi connectivity index (χ0n) is 13.6. The highest BCUT2D eigenvalue weighted by Crippen LogP contribution is 2.18. The highest BCUT2D eigenvalue weighted by atomic mass is 32.2. The van der Waals surface area contributed by atoms with Gasteiger partial charge in [-0.1, -0.05) is 19.1 Å². The number of hydrazone groups is 1. The van der Waals surface area contributed by atoms with Crippen molar-refractivity contribution in [2.24, 2.45) is 11.0 Å². The Morgan fingerprint density at radius 2 is 2.00 bits per heavy atom. The number of benzene rings is 1. The molecular weight excluding hydrogens is 344 g/mol. The van der Waals surface area contributed by atoms with E-state index < -0.39 is 23.1 Å². The maximum absolute atomic E-state index is 12.2. The zero-order chi connectivity index (χ0) is 18.0. The maximum Gasteiger partial charge on any atom is 0.270 e. The number of hydrogen-bond donors (Lipinski definition) is 3. The van der Waals surface area contributed by atoms with E-state index in [2.05, 4.69) is 21.2 Å². The van der Waals surface area contributed by atoms with Crippen molar-refractivity contribution in [1.82, 2.24) is 10.7 Å². The van der Waals surface area contributed by atoms with Crippen LogP contribution in [0.2, 0.25) is 0 Å². The molecule has 0 aromatic heterocycles. The fourth-order valence-electron chi connectivity index (χ4n) is 2.77. The smallest absolute Gasteiger partial charge is 0.270 e. The molecule has 2 aliphatic rings. The average molecular weight is 362 g/mol. The minimum absolute atomic E-state index is 0.0154. The van der Waals surface area contributed by atoms with Crippen LogP contribution in [0, 0.1) is 5.92 Å². The first-order valence-corrected chi connectivity index (χ1v) is 9.33. The summed E-state index contributed by atoms with van der Waals surface area (Å²) in [6.45, 7) is 1.93. The number of rotatable bonds is 3. The number of amides is 3. The van der Waals surface area contributed by atoms with Gasteiger partial charge in [0.15, 0.2) is 11.8 Å². The third-order valence-corrected chi connectivity index (χ3v) is 5.29. The van der Waals surface area contributed by atoms with Crippen LogP contribution < -0.4 is 16.1 Å². The molecule has 0 aliphatic carbocycles. The van der Waals surface area contributed by atoms with Gasteiger partial charge in [-0.15, -0.1) is 0 Å². The summed E-state index contributed by atoms with van der Waals surface area (Å²) in [6.07, 6.45) is 0.385. The molecule has 3 unspecified atom stereocenters. The normalized spacial score (nSPS) is 26.3. The molecule has 3 N–H and O–H groups in total. The molecule has 25 heavy (non-hydrogen) atoms. The maximum atomic E-state index is 12.2. The van der Waals surface area contributed by atoms with Crippen LogP contribution >= 0.6 is 0 Å². The molecule has 1 aromatic rings. The van der Waals surface area contributed by atoms with Crippen LogP contribution in [0.25, 0.3) is 0 Å². The average Bonchev–Trinajstić information content (AvgIpc) is 2.55. The van der Waals surface area contributed by atoms with Crippen molar-refractivity contribution >= 4 is 40.3 Å². The van der Waals surface area contributed by atoms with Gasteiger partial charge in [0.25, 0.3) is 11.8 Å². The second-order valence-corrected chi connectivity index (χ2v) is 7.58. The first-order valence-electron chi connectivity index (χ1n) is 7.84. The number of carbonyl (C=O) groups excluding carboxylic acids is 3. The monoisotopic (exact) mass is 362 g/mol. The lowest BCUT2D eigenvalue weighted by Gasteiger charge is -2.24. The molecule has 2 aliphatic heterocycles. The van der Waals surface area contributed by atoms with Gasteiger partial charge in [-0.3, -0.25) is 14.4 Å². The molecule has 132 valence electrons. The lowest BCUT2D eigenvalue weighted by atomic mass is 9.94. The Morgan fingerprint density at radius 3 is 2.64 bits per heavy atom. The van der Waals surface area contributed by atoms with Crippen molar-refractivity contribution < 1.29 is 18.9 Å². The van der Waals surface area contributed by atoms with E-state index in [0.29, 0.717) is 12.1 Å². The van der Waals surface area contributed by atoms with Gasteiger partial charge >= 0.3 is 0 Å². The Kier molecular flexibility index (Phi) is 5.05.